The monoisotopic (exact) mass is 547 g/mol. The summed E-state index contributed by atoms with van der Waals surface area (Å²) < 4.78 is 33.1. The fourth-order valence-corrected chi connectivity index (χ4v) is 4.60. The van der Waals surface area contributed by atoms with E-state index in [1.807, 2.05) is 36.4 Å². The summed E-state index contributed by atoms with van der Waals surface area (Å²) in [6.07, 6.45) is 0. The zero-order chi connectivity index (χ0) is 28.1. The summed E-state index contributed by atoms with van der Waals surface area (Å²) in [5, 5.41) is 7.46. The number of hydrogen-bond acceptors (Lipinski definition) is 11. The van der Waals surface area contributed by atoms with E-state index in [1.54, 1.807) is 35.5 Å². The van der Waals surface area contributed by atoms with Crippen LogP contribution in [0, 0.1) is 0 Å². The van der Waals surface area contributed by atoms with Crippen LogP contribution in [0.15, 0.2) is 48.5 Å². The van der Waals surface area contributed by atoms with Gasteiger partial charge in [-0.05, 0) is 30.3 Å². The van der Waals surface area contributed by atoms with Gasteiger partial charge in [0.15, 0.2) is 23.0 Å². The second kappa shape index (κ2) is 12.0. The van der Waals surface area contributed by atoms with Crippen LogP contribution in [0.2, 0.25) is 0 Å². The van der Waals surface area contributed by atoms with Gasteiger partial charge < -0.3 is 44.0 Å². The van der Waals surface area contributed by atoms with Gasteiger partial charge in [-0.1, -0.05) is 0 Å². The number of rotatable bonds is 10. The van der Waals surface area contributed by atoms with Crippen molar-refractivity contribution in [2.45, 2.75) is 0 Å². The Labute approximate surface area is 232 Å². The minimum atomic E-state index is 0.411. The van der Waals surface area contributed by atoms with Gasteiger partial charge in [0.25, 0.3) is 0 Å². The molecular weight excluding hydrogens is 514 g/mol. The summed E-state index contributed by atoms with van der Waals surface area (Å²) in [7, 11) is 7.90. The summed E-state index contributed by atoms with van der Waals surface area (Å²) in [6, 6.07) is 15.5. The van der Waals surface area contributed by atoms with Crippen LogP contribution in [-0.2, 0) is 4.74 Å². The van der Waals surface area contributed by atoms with E-state index >= 15 is 0 Å². The molecule has 2 N–H and O–H groups in total. The third kappa shape index (κ3) is 5.55. The molecule has 1 aromatic heterocycles. The smallest absolute Gasteiger partial charge is 0.229 e. The molecule has 3 aromatic carbocycles. The predicted octanol–water partition coefficient (Wildman–Crippen LogP) is 5.00. The number of hydrogen-bond donors (Lipinski definition) is 2. The van der Waals surface area contributed by atoms with Crippen LogP contribution in [0.4, 0.5) is 28.8 Å². The van der Waals surface area contributed by atoms with Gasteiger partial charge in [0, 0.05) is 53.7 Å². The van der Waals surface area contributed by atoms with E-state index in [-0.39, 0.29) is 0 Å². The highest BCUT2D eigenvalue weighted by Crippen LogP contribution is 2.42. The summed E-state index contributed by atoms with van der Waals surface area (Å²) in [4.78, 5) is 11.9. The number of anilines is 5. The van der Waals surface area contributed by atoms with E-state index in [2.05, 4.69) is 27.7 Å². The van der Waals surface area contributed by atoms with Crippen molar-refractivity contribution >= 4 is 39.7 Å². The zero-order valence-corrected chi connectivity index (χ0v) is 23.2. The van der Waals surface area contributed by atoms with Crippen molar-refractivity contribution in [3.05, 3.63) is 48.5 Å². The molecule has 1 fully saturated rings. The Bertz CT molecular complexity index is 1450. The zero-order valence-electron chi connectivity index (χ0n) is 23.2. The molecule has 40 heavy (non-hydrogen) atoms. The SMILES string of the molecule is COc1cc2nc(Nc3ccc(N4CCOCC4)cc3)nc(Nc3cc(OC)c(OC)c(OC)c3)c2cc1OC. The van der Waals surface area contributed by atoms with Gasteiger partial charge in [0.2, 0.25) is 11.7 Å². The molecule has 5 rings (SSSR count). The molecule has 0 saturated carbocycles. The maximum Gasteiger partial charge on any atom is 0.229 e. The van der Waals surface area contributed by atoms with Crippen LogP contribution in [0.3, 0.4) is 0 Å². The molecule has 1 saturated heterocycles. The molecule has 0 unspecified atom stereocenters. The lowest BCUT2D eigenvalue weighted by Crippen LogP contribution is -2.36. The van der Waals surface area contributed by atoms with Crippen LogP contribution in [0.25, 0.3) is 10.9 Å². The highest BCUT2D eigenvalue weighted by molar-refractivity contribution is 5.94. The molecule has 0 amide bonds. The molecule has 0 spiro atoms. The van der Waals surface area contributed by atoms with Crippen LogP contribution in [0.5, 0.6) is 28.7 Å². The van der Waals surface area contributed by atoms with Crippen LogP contribution in [-0.4, -0.2) is 71.8 Å². The molecule has 11 heteroatoms. The summed E-state index contributed by atoms with van der Waals surface area (Å²) >= 11 is 0. The molecule has 0 atom stereocenters. The van der Waals surface area contributed by atoms with Crippen molar-refractivity contribution in [2.24, 2.45) is 0 Å². The number of nitrogens with one attached hydrogen (secondary N) is 2. The fraction of sp³-hybridized carbons (Fsp3) is 0.310. The minimum absolute atomic E-state index is 0.411. The number of benzene rings is 3. The maximum atomic E-state index is 5.55. The van der Waals surface area contributed by atoms with Crippen LogP contribution >= 0.6 is 0 Å². The third-order valence-electron chi connectivity index (χ3n) is 6.63. The van der Waals surface area contributed by atoms with Crippen molar-refractivity contribution in [1.29, 1.82) is 0 Å². The Morgan fingerprint density at radius 2 is 1.30 bits per heavy atom. The van der Waals surface area contributed by atoms with Gasteiger partial charge in [0.1, 0.15) is 5.82 Å². The predicted molar refractivity (Wildman–Crippen MR) is 155 cm³/mol. The first-order valence-electron chi connectivity index (χ1n) is 12.8. The Morgan fingerprint density at radius 1 is 0.675 bits per heavy atom. The fourth-order valence-electron chi connectivity index (χ4n) is 4.60. The molecule has 1 aliphatic heterocycles. The molecule has 4 aromatic rings. The van der Waals surface area contributed by atoms with E-state index in [1.165, 1.54) is 0 Å². The average Bonchev–Trinajstić information content (AvgIpc) is 3.00. The highest BCUT2D eigenvalue weighted by atomic mass is 16.5. The van der Waals surface area contributed by atoms with E-state index in [9.17, 15) is 0 Å². The summed E-state index contributed by atoms with van der Waals surface area (Å²) in [5.74, 6) is 3.61. The lowest BCUT2D eigenvalue weighted by Gasteiger charge is -2.28. The van der Waals surface area contributed by atoms with E-state index in [4.69, 9.17) is 38.4 Å². The largest absolute Gasteiger partial charge is 0.493 e. The van der Waals surface area contributed by atoms with Gasteiger partial charge >= 0.3 is 0 Å². The Balaban J connectivity index is 1.53. The van der Waals surface area contributed by atoms with Crippen LogP contribution in [0.1, 0.15) is 0 Å². The van der Waals surface area contributed by atoms with Gasteiger partial charge in [-0.15, -0.1) is 0 Å². The Morgan fingerprint density at radius 3 is 1.90 bits per heavy atom. The third-order valence-corrected chi connectivity index (χ3v) is 6.63. The van der Waals surface area contributed by atoms with Gasteiger partial charge in [-0.25, -0.2) is 4.98 Å². The van der Waals surface area contributed by atoms with Crippen LogP contribution < -0.4 is 39.2 Å². The number of nitrogens with zero attached hydrogens (tertiary/aromatic N) is 3. The van der Waals surface area contributed by atoms with Gasteiger partial charge in [-0.2, -0.15) is 4.98 Å². The van der Waals surface area contributed by atoms with E-state index < -0.39 is 0 Å². The number of fused-ring (bicyclic) bond motifs is 1. The molecule has 1 aliphatic rings. The first-order chi connectivity index (χ1) is 19.6. The molecule has 11 nitrogen and oxygen atoms in total. The molecule has 210 valence electrons. The lowest BCUT2D eigenvalue weighted by atomic mass is 10.2. The first kappa shape index (κ1) is 26.9. The lowest BCUT2D eigenvalue weighted by molar-refractivity contribution is 0.122. The van der Waals surface area contributed by atoms with E-state index in [0.29, 0.717) is 51.7 Å². The standard InChI is InChI=1S/C29H33N5O6/c1-35-23-16-21-22(17-24(23)36-2)32-29(31-18-6-8-20(9-7-18)34-10-12-40-13-11-34)33-28(21)30-19-14-25(37-3)27(39-5)26(15-19)38-4/h6-9,14-17H,10-13H2,1-5H3,(H2,30,31,32,33). The van der Waals surface area contributed by atoms with Crippen molar-refractivity contribution in [1.82, 2.24) is 9.97 Å². The molecule has 0 aliphatic carbocycles. The average molecular weight is 548 g/mol. The quantitative estimate of drug-likeness (QED) is 0.280. The number of aromatic nitrogens is 2. The van der Waals surface area contributed by atoms with Gasteiger partial charge in [-0.3, -0.25) is 0 Å². The number of methoxy groups -OCH3 is 5. The van der Waals surface area contributed by atoms with Crippen molar-refractivity contribution < 1.29 is 28.4 Å². The second-order valence-corrected chi connectivity index (χ2v) is 8.93. The minimum Gasteiger partial charge on any atom is -0.493 e. The molecular formula is C29H33N5O6. The first-order valence-corrected chi connectivity index (χ1v) is 12.8. The molecule has 0 bridgehead atoms. The van der Waals surface area contributed by atoms with Gasteiger partial charge in [0.05, 0.1) is 54.3 Å². The maximum absolute atomic E-state index is 5.55. The summed E-state index contributed by atoms with van der Waals surface area (Å²) in [5.41, 5.74) is 3.35. The van der Waals surface area contributed by atoms with E-state index in [0.717, 1.165) is 43.1 Å². The van der Waals surface area contributed by atoms with Crippen molar-refractivity contribution in [3.8, 4) is 28.7 Å². The Kier molecular flexibility index (Phi) is 8.11. The molecule has 0 radical (unpaired) electrons. The summed E-state index contributed by atoms with van der Waals surface area (Å²) in [6.45, 7) is 3.23. The number of morpholine rings is 1. The second-order valence-electron chi connectivity index (χ2n) is 8.93. The van der Waals surface area contributed by atoms with Crippen molar-refractivity contribution in [3.63, 3.8) is 0 Å². The normalized spacial score (nSPS) is 13.1. The molecule has 2 heterocycles. The van der Waals surface area contributed by atoms with Crippen molar-refractivity contribution in [2.75, 3.05) is 77.4 Å². The Hall–Kier alpha value is -4.64. The topological polar surface area (TPSA) is 108 Å². The highest BCUT2D eigenvalue weighted by Gasteiger charge is 2.18. The number of ether oxygens (including phenoxy) is 6.